The van der Waals surface area contributed by atoms with E-state index in [0.29, 0.717) is 6.61 Å². The van der Waals surface area contributed by atoms with E-state index in [-0.39, 0.29) is 11.4 Å². The molecule has 1 aromatic heterocycles. The number of halogens is 3. The van der Waals surface area contributed by atoms with Crippen molar-refractivity contribution in [3.05, 3.63) is 36.0 Å². The number of nitrogens with zero attached hydrogens (tertiary/aromatic N) is 1. The van der Waals surface area contributed by atoms with E-state index >= 15 is 0 Å². The van der Waals surface area contributed by atoms with E-state index in [1.165, 1.54) is 6.07 Å². The Morgan fingerprint density at radius 3 is 2.72 bits per heavy atom. The quantitative estimate of drug-likeness (QED) is 0.845. The number of alkyl halides is 3. The van der Waals surface area contributed by atoms with E-state index in [0.717, 1.165) is 18.8 Å². The predicted molar refractivity (Wildman–Crippen MR) is 60.3 cm³/mol. The molecule has 1 unspecified atom stereocenters. The lowest BCUT2D eigenvalue weighted by atomic mass is 10.1. The van der Waals surface area contributed by atoms with Crippen LogP contribution in [0.3, 0.4) is 0 Å². The lowest BCUT2D eigenvalue weighted by Crippen LogP contribution is -2.42. The average Bonchev–Trinajstić information content (AvgIpc) is 2.74. The van der Waals surface area contributed by atoms with Gasteiger partial charge >= 0.3 is 6.18 Å². The summed E-state index contributed by atoms with van der Waals surface area (Å²) < 4.78 is 42.3. The van der Waals surface area contributed by atoms with Gasteiger partial charge in [0.05, 0.1) is 11.1 Å². The number of hydrogen-bond donors (Lipinski definition) is 1. The Labute approximate surface area is 103 Å². The average molecular weight is 258 g/mol. The maximum Gasteiger partial charge on any atom is 0.417 e. The second kappa shape index (κ2) is 4.61. The minimum Gasteiger partial charge on any atom is -0.475 e. The van der Waals surface area contributed by atoms with Crippen molar-refractivity contribution in [1.29, 1.82) is 0 Å². The molecule has 0 saturated heterocycles. The van der Waals surface area contributed by atoms with Crippen molar-refractivity contribution in [3.8, 4) is 5.88 Å². The molecule has 0 amide bonds. The van der Waals surface area contributed by atoms with Crippen LogP contribution in [0.1, 0.15) is 12.5 Å². The van der Waals surface area contributed by atoms with Crippen LogP contribution < -0.4 is 10.1 Å². The van der Waals surface area contributed by atoms with Crippen LogP contribution in [0.4, 0.5) is 13.2 Å². The van der Waals surface area contributed by atoms with Crippen LogP contribution >= 0.6 is 0 Å². The highest BCUT2D eigenvalue weighted by atomic mass is 19.4. The highest BCUT2D eigenvalue weighted by molar-refractivity contribution is 5.21. The highest BCUT2D eigenvalue weighted by Crippen LogP contribution is 2.29. The Bertz CT molecular complexity index is 442. The molecule has 0 aromatic carbocycles. The van der Waals surface area contributed by atoms with E-state index in [4.69, 9.17) is 4.74 Å². The smallest absolute Gasteiger partial charge is 0.417 e. The van der Waals surface area contributed by atoms with Crippen LogP contribution in [0, 0.1) is 0 Å². The van der Waals surface area contributed by atoms with Crippen LogP contribution in [0.5, 0.6) is 5.88 Å². The van der Waals surface area contributed by atoms with Gasteiger partial charge in [-0.25, -0.2) is 4.98 Å². The summed E-state index contributed by atoms with van der Waals surface area (Å²) in [5.74, 6) is 0.186. The molecule has 0 saturated carbocycles. The van der Waals surface area contributed by atoms with Gasteiger partial charge in [-0.3, -0.25) is 0 Å². The van der Waals surface area contributed by atoms with Crippen LogP contribution in [0.2, 0.25) is 0 Å². The molecular weight excluding hydrogens is 245 g/mol. The molecule has 1 N–H and O–H groups in total. The minimum absolute atomic E-state index is 0.186. The number of ether oxygens (including phenoxy) is 1. The van der Waals surface area contributed by atoms with Gasteiger partial charge < -0.3 is 10.1 Å². The predicted octanol–water partition coefficient (Wildman–Crippen LogP) is 2.40. The van der Waals surface area contributed by atoms with Gasteiger partial charge in [0.15, 0.2) is 0 Å². The Morgan fingerprint density at radius 2 is 2.22 bits per heavy atom. The van der Waals surface area contributed by atoms with Gasteiger partial charge in [0.2, 0.25) is 5.88 Å². The summed E-state index contributed by atoms with van der Waals surface area (Å²) in [5, 5.41) is 3.19. The molecule has 1 aliphatic heterocycles. The van der Waals surface area contributed by atoms with Crippen LogP contribution in [-0.4, -0.2) is 23.7 Å². The summed E-state index contributed by atoms with van der Waals surface area (Å²) in [4.78, 5) is 3.64. The summed E-state index contributed by atoms with van der Waals surface area (Å²) in [6.07, 6.45) is 0.351. The molecule has 18 heavy (non-hydrogen) atoms. The topological polar surface area (TPSA) is 34.1 Å². The van der Waals surface area contributed by atoms with Gasteiger partial charge in [0.1, 0.15) is 6.61 Å². The van der Waals surface area contributed by atoms with Crippen molar-refractivity contribution in [3.63, 3.8) is 0 Å². The van der Waals surface area contributed by atoms with Crippen molar-refractivity contribution in [2.45, 2.75) is 18.6 Å². The lowest BCUT2D eigenvalue weighted by molar-refractivity contribution is -0.137. The zero-order chi connectivity index (χ0) is 13.2. The normalized spacial score (nSPS) is 23.3. The second-order valence-electron chi connectivity index (χ2n) is 4.37. The van der Waals surface area contributed by atoms with Crippen LogP contribution in [-0.2, 0) is 6.18 Å². The number of pyridine rings is 1. The third-order valence-corrected chi connectivity index (χ3v) is 2.69. The SMILES string of the molecule is CC1(COc2ccc(C(F)(F)F)cn2)C=CCN1. The van der Waals surface area contributed by atoms with E-state index in [2.05, 4.69) is 10.3 Å². The summed E-state index contributed by atoms with van der Waals surface area (Å²) in [5.41, 5.74) is -1.07. The van der Waals surface area contributed by atoms with Gasteiger partial charge in [-0.1, -0.05) is 12.2 Å². The molecule has 3 nitrogen and oxygen atoms in total. The molecular formula is C12H13F3N2O. The molecule has 0 bridgehead atoms. The lowest BCUT2D eigenvalue weighted by Gasteiger charge is -2.22. The highest BCUT2D eigenvalue weighted by Gasteiger charge is 2.31. The van der Waals surface area contributed by atoms with E-state index in [1.54, 1.807) is 0 Å². The second-order valence-corrected chi connectivity index (χ2v) is 4.37. The zero-order valence-electron chi connectivity index (χ0n) is 9.79. The summed E-state index contributed by atoms with van der Waals surface area (Å²) >= 11 is 0. The molecule has 1 atom stereocenters. The van der Waals surface area contributed by atoms with E-state index < -0.39 is 11.7 Å². The molecule has 2 rings (SSSR count). The Hall–Kier alpha value is -1.56. The molecule has 0 aliphatic carbocycles. The molecule has 0 radical (unpaired) electrons. The van der Waals surface area contributed by atoms with E-state index in [1.807, 2.05) is 19.1 Å². The third-order valence-electron chi connectivity index (χ3n) is 2.69. The monoisotopic (exact) mass is 258 g/mol. The maximum atomic E-state index is 12.3. The van der Waals surface area contributed by atoms with Crippen molar-refractivity contribution in [2.24, 2.45) is 0 Å². The molecule has 1 aliphatic rings. The minimum atomic E-state index is -4.37. The third kappa shape index (κ3) is 3.01. The van der Waals surface area contributed by atoms with Crippen molar-refractivity contribution < 1.29 is 17.9 Å². The zero-order valence-corrected chi connectivity index (χ0v) is 9.79. The van der Waals surface area contributed by atoms with E-state index in [9.17, 15) is 13.2 Å². The largest absolute Gasteiger partial charge is 0.475 e. The van der Waals surface area contributed by atoms with Crippen molar-refractivity contribution in [2.75, 3.05) is 13.2 Å². The molecule has 0 fully saturated rings. The molecule has 98 valence electrons. The molecule has 2 heterocycles. The number of hydrogen-bond acceptors (Lipinski definition) is 3. The first kappa shape index (κ1) is 12.9. The van der Waals surface area contributed by atoms with Gasteiger partial charge in [0, 0.05) is 18.8 Å². The molecule has 1 aromatic rings. The fourth-order valence-corrected chi connectivity index (χ4v) is 1.63. The molecule has 6 heteroatoms. The molecule has 0 spiro atoms. The first-order valence-electron chi connectivity index (χ1n) is 5.48. The fraction of sp³-hybridized carbons (Fsp3) is 0.417. The van der Waals surface area contributed by atoms with Gasteiger partial charge in [-0.2, -0.15) is 13.2 Å². The van der Waals surface area contributed by atoms with Crippen LogP contribution in [0.25, 0.3) is 0 Å². The first-order valence-corrected chi connectivity index (χ1v) is 5.48. The fourth-order valence-electron chi connectivity index (χ4n) is 1.63. The number of nitrogens with one attached hydrogen (secondary N) is 1. The standard InChI is InChI=1S/C12H13F3N2O/c1-11(5-2-6-17-11)8-18-10-4-3-9(7-16-10)12(13,14)15/h2-5,7,17H,6,8H2,1H3. The van der Waals surface area contributed by atoms with Gasteiger partial charge in [-0.05, 0) is 13.0 Å². The van der Waals surface area contributed by atoms with Gasteiger partial charge in [0.25, 0.3) is 0 Å². The summed E-state index contributed by atoms with van der Waals surface area (Å²) in [7, 11) is 0. The van der Waals surface area contributed by atoms with Crippen molar-refractivity contribution in [1.82, 2.24) is 10.3 Å². The summed E-state index contributed by atoms with van der Waals surface area (Å²) in [6, 6.07) is 2.19. The number of rotatable bonds is 3. The van der Waals surface area contributed by atoms with Crippen LogP contribution in [0.15, 0.2) is 30.5 Å². The maximum absolute atomic E-state index is 12.3. The Morgan fingerprint density at radius 1 is 1.44 bits per heavy atom. The number of aromatic nitrogens is 1. The summed E-state index contributed by atoms with van der Waals surface area (Å²) in [6.45, 7) is 3.03. The van der Waals surface area contributed by atoms with Crippen molar-refractivity contribution >= 4 is 0 Å². The Kier molecular flexibility index (Phi) is 3.30. The first-order chi connectivity index (χ1) is 8.39. The van der Waals surface area contributed by atoms with Gasteiger partial charge in [-0.15, -0.1) is 0 Å². The Balaban J connectivity index is 1.97.